The van der Waals surface area contributed by atoms with Gasteiger partial charge in [0.25, 0.3) is 0 Å². The Kier molecular flexibility index (Phi) is 7.70. The lowest BCUT2D eigenvalue weighted by Gasteiger charge is -2.35. The van der Waals surface area contributed by atoms with Crippen molar-refractivity contribution in [2.24, 2.45) is 0 Å². The third-order valence-corrected chi connectivity index (χ3v) is 5.61. The molecule has 2 saturated heterocycles. The van der Waals surface area contributed by atoms with Crippen LogP contribution in [0.5, 0.6) is 0 Å². The van der Waals surface area contributed by atoms with Crippen molar-refractivity contribution in [2.45, 2.75) is 25.3 Å². The van der Waals surface area contributed by atoms with E-state index in [-0.39, 0.29) is 0 Å². The van der Waals surface area contributed by atoms with Gasteiger partial charge < -0.3 is 9.64 Å². The zero-order chi connectivity index (χ0) is 14.2. The Bertz CT molecular complexity index is 301. The SMILES string of the molecule is O=C(CCCBr)N1CCCSCC1CN1CCOCC1. The van der Waals surface area contributed by atoms with Crippen molar-refractivity contribution in [3.63, 3.8) is 0 Å². The molecule has 20 heavy (non-hydrogen) atoms. The molecule has 0 aromatic heterocycles. The van der Waals surface area contributed by atoms with Crippen LogP contribution in [0.15, 0.2) is 0 Å². The van der Waals surface area contributed by atoms with Gasteiger partial charge in [0, 0.05) is 43.7 Å². The molecular formula is C14H25BrN2O2S. The van der Waals surface area contributed by atoms with Crippen molar-refractivity contribution >= 4 is 33.6 Å². The maximum atomic E-state index is 12.4. The van der Waals surface area contributed by atoms with E-state index in [0.717, 1.165) is 63.3 Å². The first-order chi connectivity index (χ1) is 9.81. The molecule has 0 spiro atoms. The number of ether oxygens (including phenoxy) is 1. The molecule has 0 N–H and O–H groups in total. The fourth-order valence-electron chi connectivity index (χ4n) is 2.75. The summed E-state index contributed by atoms with van der Waals surface area (Å²) < 4.78 is 5.41. The van der Waals surface area contributed by atoms with Crippen LogP contribution in [0.4, 0.5) is 0 Å². The van der Waals surface area contributed by atoms with Gasteiger partial charge in [-0.1, -0.05) is 15.9 Å². The average molecular weight is 365 g/mol. The van der Waals surface area contributed by atoms with E-state index in [1.165, 1.54) is 5.75 Å². The lowest BCUT2D eigenvalue weighted by atomic mass is 10.2. The number of thioether (sulfide) groups is 1. The zero-order valence-electron chi connectivity index (χ0n) is 12.1. The van der Waals surface area contributed by atoms with Crippen LogP contribution in [0.3, 0.4) is 0 Å². The molecule has 2 heterocycles. The fraction of sp³-hybridized carbons (Fsp3) is 0.929. The van der Waals surface area contributed by atoms with Gasteiger partial charge in [-0.2, -0.15) is 11.8 Å². The number of halogens is 1. The van der Waals surface area contributed by atoms with E-state index in [9.17, 15) is 4.79 Å². The molecule has 1 atom stereocenters. The third-order valence-electron chi connectivity index (χ3n) is 3.86. The predicted octanol–water partition coefficient (Wildman–Crippen LogP) is 1.83. The van der Waals surface area contributed by atoms with Gasteiger partial charge in [-0.05, 0) is 18.6 Å². The van der Waals surface area contributed by atoms with Crippen LogP contribution in [0.25, 0.3) is 0 Å². The highest BCUT2D eigenvalue weighted by Crippen LogP contribution is 2.19. The average Bonchev–Trinajstić information content (AvgIpc) is 2.71. The normalized spacial score (nSPS) is 25.4. The number of hydrogen-bond acceptors (Lipinski definition) is 4. The summed E-state index contributed by atoms with van der Waals surface area (Å²) in [7, 11) is 0. The van der Waals surface area contributed by atoms with E-state index in [0.29, 0.717) is 18.4 Å². The van der Waals surface area contributed by atoms with Gasteiger partial charge in [0.1, 0.15) is 0 Å². The molecule has 0 bridgehead atoms. The van der Waals surface area contributed by atoms with Crippen LogP contribution in [-0.2, 0) is 9.53 Å². The van der Waals surface area contributed by atoms with Gasteiger partial charge in [-0.3, -0.25) is 9.69 Å². The third kappa shape index (κ3) is 5.20. The first kappa shape index (κ1) is 16.6. The summed E-state index contributed by atoms with van der Waals surface area (Å²) in [5, 5.41) is 0.912. The Morgan fingerprint density at radius 1 is 1.30 bits per heavy atom. The molecule has 2 aliphatic rings. The van der Waals surface area contributed by atoms with Crippen LogP contribution >= 0.6 is 27.7 Å². The van der Waals surface area contributed by atoms with E-state index >= 15 is 0 Å². The summed E-state index contributed by atoms with van der Waals surface area (Å²) in [6.07, 6.45) is 2.74. The van der Waals surface area contributed by atoms with Gasteiger partial charge >= 0.3 is 0 Å². The standard InChI is InChI=1S/C14H25BrN2O2S/c15-4-1-3-14(18)17-5-2-10-20-12-13(17)11-16-6-8-19-9-7-16/h13H,1-12H2. The highest BCUT2D eigenvalue weighted by atomic mass is 79.9. The minimum Gasteiger partial charge on any atom is -0.379 e. The Morgan fingerprint density at radius 3 is 2.85 bits per heavy atom. The largest absolute Gasteiger partial charge is 0.379 e. The lowest BCUT2D eigenvalue weighted by molar-refractivity contribution is -0.133. The monoisotopic (exact) mass is 364 g/mol. The van der Waals surface area contributed by atoms with Crippen LogP contribution < -0.4 is 0 Å². The Morgan fingerprint density at radius 2 is 2.10 bits per heavy atom. The van der Waals surface area contributed by atoms with Crippen molar-refractivity contribution in [3.05, 3.63) is 0 Å². The van der Waals surface area contributed by atoms with Crippen LogP contribution in [0, 0.1) is 0 Å². The van der Waals surface area contributed by atoms with E-state index in [1.54, 1.807) is 0 Å². The van der Waals surface area contributed by atoms with E-state index in [1.807, 2.05) is 11.8 Å². The molecule has 2 rings (SSSR count). The molecule has 6 heteroatoms. The molecule has 4 nitrogen and oxygen atoms in total. The number of alkyl halides is 1. The lowest BCUT2D eigenvalue weighted by Crippen LogP contribution is -2.50. The van der Waals surface area contributed by atoms with Crippen molar-refractivity contribution in [1.29, 1.82) is 0 Å². The van der Waals surface area contributed by atoms with Crippen molar-refractivity contribution in [2.75, 3.05) is 56.2 Å². The molecule has 2 fully saturated rings. The summed E-state index contributed by atoms with van der Waals surface area (Å²) in [5.41, 5.74) is 0. The number of nitrogens with zero attached hydrogens (tertiary/aromatic N) is 2. The van der Waals surface area contributed by atoms with E-state index < -0.39 is 0 Å². The zero-order valence-corrected chi connectivity index (χ0v) is 14.5. The van der Waals surface area contributed by atoms with Gasteiger partial charge in [0.2, 0.25) is 5.91 Å². The highest BCUT2D eigenvalue weighted by molar-refractivity contribution is 9.09. The quantitative estimate of drug-likeness (QED) is 0.696. The van der Waals surface area contributed by atoms with Crippen molar-refractivity contribution in [1.82, 2.24) is 9.80 Å². The van der Waals surface area contributed by atoms with Gasteiger partial charge in [0.05, 0.1) is 19.3 Å². The van der Waals surface area contributed by atoms with Gasteiger partial charge in [-0.15, -0.1) is 0 Å². The molecule has 116 valence electrons. The number of carbonyl (C=O) groups is 1. The molecule has 2 aliphatic heterocycles. The van der Waals surface area contributed by atoms with Crippen LogP contribution in [-0.4, -0.2) is 78.0 Å². The first-order valence-electron chi connectivity index (χ1n) is 7.54. The molecular weight excluding hydrogens is 340 g/mol. The number of hydrogen-bond donors (Lipinski definition) is 0. The number of morpholine rings is 1. The first-order valence-corrected chi connectivity index (χ1v) is 9.82. The van der Waals surface area contributed by atoms with Gasteiger partial charge in [0.15, 0.2) is 0 Å². The topological polar surface area (TPSA) is 32.8 Å². The molecule has 0 aromatic rings. The number of carbonyl (C=O) groups excluding carboxylic acids is 1. The summed E-state index contributed by atoms with van der Waals surface area (Å²) >= 11 is 5.41. The van der Waals surface area contributed by atoms with Crippen molar-refractivity contribution < 1.29 is 9.53 Å². The maximum Gasteiger partial charge on any atom is 0.222 e. The second kappa shape index (κ2) is 9.28. The van der Waals surface area contributed by atoms with Crippen LogP contribution in [0.1, 0.15) is 19.3 Å². The second-order valence-electron chi connectivity index (χ2n) is 5.37. The summed E-state index contributed by atoms with van der Waals surface area (Å²) in [6.45, 7) is 5.61. The molecule has 0 saturated carbocycles. The maximum absolute atomic E-state index is 12.4. The van der Waals surface area contributed by atoms with Crippen LogP contribution in [0.2, 0.25) is 0 Å². The molecule has 0 radical (unpaired) electrons. The summed E-state index contributed by atoms with van der Waals surface area (Å²) in [4.78, 5) is 17.0. The fourth-order valence-corrected chi connectivity index (χ4v) is 4.09. The highest BCUT2D eigenvalue weighted by Gasteiger charge is 2.27. The smallest absolute Gasteiger partial charge is 0.222 e. The number of amides is 1. The molecule has 0 aliphatic carbocycles. The minimum atomic E-state index is 0.338. The van der Waals surface area contributed by atoms with Gasteiger partial charge in [-0.25, -0.2) is 0 Å². The Hall–Kier alpha value is 0.220. The molecule has 1 unspecified atom stereocenters. The van der Waals surface area contributed by atoms with E-state index in [2.05, 4.69) is 25.7 Å². The molecule has 0 aromatic carbocycles. The summed E-state index contributed by atoms with van der Waals surface area (Å²) in [6, 6.07) is 0.378. The van der Waals surface area contributed by atoms with Crippen molar-refractivity contribution in [3.8, 4) is 0 Å². The number of rotatable bonds is 5. The predicted molar refractivity (Wildman–Crippen MR) is 87.7 cm³/mol. The Labute approximate surface area is 134 Å². The minimum absolute atomic E-state index is 0.338. The van der Waals surface area contributed by atoms with E-state index in [4.69, 9.17) is 4.74 Å². The second-order valence-corrected chi connectivity index (χ2v) is 7.32. The summed E-state index contributed by atoms with van der Waals surface area (Å²) in [5.74, 6) is 2.60. The Balaban J connectivity index is 1.91. The molecule has 1 amide bonds.